The Hall–Kier alpha value is -2.13. The number of aliphatic carboxylic acids is 1. The van der Waals surface area contributed by atoms with E-state index < -0.39 is 12.1 Å². The minimum atomic E-state index is -0.895. The van der Waals surface area contributed by atoms with Gasteiger partial charge >= 0.3 is 5.97 Å². The van der Waals surface area contributed by atoms with Gasteiger partial charge in [-0.1, -0.05) is 86.8 Å². The predicted molar refractivity (Wildman–Crippen MR) is 120 cm³/mol. The summed E-state index contributed by atoms with van der Waals surface area (Å²) < 4.78 is 5.30. The molecule has 0 aliphatic heterocycles. The van der Waals surface area contributed by atoms with Crippen LogP contribution in [0.4, 0.5) is 0 Å². The predicted octanol–water partition coefficient (Wildman–Crippen LogP) is 6.95. The lowest BCUT2D eigenvalue weighted by atomic mass is 10.2. The number of carboxylic acids is 1. The fourth-order valence-electron chi connectivity index (χ4n) is 2.24. The second kappa shape index (κ2) is 21.2. The largest absolute Gasteiger partial charge is 0.479 e. The van der Waals surface area contributed by atoms with Crippen molar-refractivity contribution in [2.45, 2.75) is 71.3 Å². The summed E-state index contributed by atoms with van der Waals surface area (Å²) in [5, 5.41) is 9.05. The molecule has 0 bridgehead atoms. The van der Waals surface area contributed by atoms with E-state index >= 15 is 0 Å². The van der Waals surface area contributed by atoms with Gasteiger partial charge in [-0.15, -0.1) is 0 Å². The Bertz CT molecular complexity index is 536. The van der Waals surface area contributed by atoms with Crippen LogP contribution < -0.4 is 0 Å². The van der Waals surface area contributed by atoms with E-state index in [1.807, 2.05) is 19.1 Å². The van der Waals surface area contributed by atoms with E-state index in [2.05, 4.69) is 67.7 Å². The van der Waals surface area contributed by atoms with Crippen molar-refractivity contribution < 1.29 is 14.6 Å². The van der Waals surface area contributed by atoms with Crippen LogP contribution in [-0.4, -0.2) is 23.8 Å². The summed E-state index contributed by atoms with van der Waals surface area (Å²) in [5.74, 6) is -0.895. The third-order valence-corrected chi connectivity index (χ3v) is 3.75. The Kier molecular flexibility index (Phi) is 19.6. The first-order valence-electron chi connectivity index (χ1n) is 10.5. The molecule has 0 aromatic carbocycles. The van der Waals surface area contributed by atoms with Crippen LogP contribution in [0.15, 0.2) is 72.9 Å². The van der Waals surface area contributed by atoms with Crippen LogP contribution in [0.1, 0.15) is 65.2 Å². The molecular formula is C25H38O3. The van der Waals surface area contributed by atoms with Crippen LogP contribution >= 0.6 is 0 Å². The second-order valence-corrected chi connectivity index (χ2v) is 6.35. The molecule has 3 nitrogen and oxygen atoms in total. The molecule has 28 heavy (non-hydrogen) atoms. The quantitative estimate of drug-likeness (QED) is 0.275. The van der Waals surface area contributed by atoms with E-state index in [0.29, 0.717) is 13.0 Å². The molecule has 0 rings (SSSR count). The summed E-state index contributed by atoms with van der Waals surface area (Å²) in [6, 6.07) is 0. The van der Waals surface area contributed by atoms with Crippen molar-refractivity contribution in [3.05, 3.63) is 72.9 Å². The topological polar surface area (TPSA) is 46.5 Å². The van der Waals surface area contributed by atoms with Crippen LogP contribution in [0, 0.1) is 0 Å². The van der Waals surface area contributed by atoms with Gasteiger partial charge in [0, 0.05) is 13.0 Å². The van der Waals surface area contributed by atoms with Crippen LogP contribution in [0.25, 0.3) is 0 Å². The molecule has 1 unspecified atom stereocenters. The lowest BCUT2D eigenvalue weighted by Crippen LogP contribution is -2.23. The monoisotopic (exact) mass is 386 g/mol. The molecule has 0 saturated carbocycles. The Morgan fingerprint density at radius 2 is 1.11 bits per heavy atom. The van der Waals surface area contributed by atoms with Crippen molar-refractivity contribution in [2.24, 2.45) is 0 Å². The molecule has 0 aromatic rings. The van der Waals surface area contributed by atoms with Crippen LogP contribution in [0.3, 0.4) is 0 Å². The molecular weight excluding hydrogens is 348 g/mol. The Labute approximate surface area is 171 Å². The molecule has 0 saturated heterocycles. The molecule has 0 aliphatic rings. The third-order valence-electron chi connectivity index (χ3n) is 3.75. The van der Waals surface area contributed by atoms with Crippen molar-refractivity contribution in [3.8, 4) is 0 Å². The van der Waals surface area contributed by atoms with Gasteiger partial charge in [0.05, 0.1) is 0 Å². The Morgan fingerprint density at radius 1 is 0.714 bits per heavy atom. The van der Waals surface area contributed by atoms with Crippen molar-refractivity contribution in [3.63, 3.8) is 0 Å². The first kappa shape index (κ1) is 25.9. The summed E-state index contributed by atoms with van der Waals surface area (Å²) in [6.07, 6.45) is 31.9. The second-order valence-electron chi connectivity index (χ2n) is 6.35. The zero-order chi connectivity index (χ0) is 20.7. The van der Waals surface area contributed by atoms with Gasteiger partial charge in [-0.3, -0.25) is 0 Å². The van der Waals surface area contributed by atoms with Crippen molar-refractivity contribution in [1.29, 1.82) is 0 Å². The summed E-state index contributed by atoms with van der Waals surface area (Å²) in [7, 11) is 0. The van der Waals surface area contributed by atoms with E-state index in [0.717, 1.165) is 44.9 Å². The molecule has 0 radical (unpaired) electrons. The average Bonchev–Trinajstić information content (AvgIpc) is 2.69. The number of rotatable bonds is 17. The molecule has 0 aromatic heterocycles. The molecule has 0 amide bonds. The van der Waals surface area contributed by atoms with Crippen molar-refractivity contribution in [2.75, 3.05) is 6.61 Å². The highest BCUT2D eigenvalue weighted by Gasteiger charge is 2.15. The molecule has 1 atom stereocenters. The number of allylic oxidation sites excluding steroid dienone is 11. The summed E-state index contributed by atoms with van der Waals surface area (Å²) in [4.78, 5) is 11.0. The maximum atomic E-state index is 11.0. The minimum absolute atomic E-state index is 0.417. The highest BCUT2D eigenvalue weighted by molar-refractivity contribution is 5.72. The van der Waals surface area contributed by atoms with Crippen molar-refractivity contribution >= 4 is 5.97 Å². The van der Waals surface area contributed by atoms with Crippen LogP contribution in [-0.2, 0) is 9.53 Å². The van der Waals surface area contributed by atoms with E-state index in [9.17, 15) is 4.79 Å². The zero-order valence-corrected chi connectivity index (χ0v) is 17.6. The van der Waals surface area contributed by atoms with E-state index in [1.165, 1.54) is 0 Å². The Balaban J connectivity index is 3.73. The standard InChI is InChI=1S/C25H38O3/c1-3-5-6-7-8-9-10-11-12-13-14-15-16-17-18-19-20-21-22-24(25(26)27)28-23-4-2/h5-6,8-9,11-12,14-15,17-18,20-21,24H,3-4,7,10,13,16,19,22-23H2,1-2H3,(H,26,27). The third kappa shape index (κ3) is 18.7. The van der Waals surface area contributed by atoms with Gasteiger partial charge < -0.3 is 9.84 Å². The summed E-state index contributed by atoms with van der Waals surface area (Å²) in [6.45, 7) is 4.60. The first-order chi connectivity index (χ1) is 13.7. The summed E-state index contributed by atoms with van der Waals surface area (Å²) in [5.41, 5.74) is 0. The van der Waals surface area contributed by atoms with Gasteiger partial charge in [-0.25, -0.2) is 4.79 Å². The maximum absolute atomic E-state index is 11.0. The van der Waals surface area contributed by atoms with Gasteiger partial charge in [-0.05, 0) is 44.9 Å². The number of ether oxygens (including phenoxy) is 1. The minimum Gasteiger partial charge on any atom is -0.479 e. The molecule has 0 heterocycles. The van der Waals surface area contributed by atoms with Crippen LogP contribution in [0.5, 0.6) is 0 Å². The molecule has 0 spiro atoms. The number of hydrogen-bond acceptors (Lipinski definition) is 2. The molecule has 3 heteroatoms. The van der Waals surface area contributed by atoms with Gasteiger partial charge in [0.25, 0.3) is 0 Å². The van der Waals surface area contributed by atoms with Gasteiger partial charge in [-0.2, -0.15) is 0 Å². The van der Waals surface area contributed by atoms with E-state index in [4.69, 9.17) is 9.84 Å². The fraction of sp³-hybridized carbons (Fsp3) is 0.480. The smallest absolute Gasteiger partial charge is 0.333 e. The average molecular weight is 387 g/mol. The molecule has 0 aliphatic carbocycles. The lowest BCUT2D eigenvalue weighted by Gasteiger charge is -2.10. The molecule has 156 valence electrons. The normalized spacial score (nSPS) is 14.1. The van der Waals surface area contributed by atoms with E-state index in [1.54, 1.807) is 0 Å². The van der Waals surface area contributed by atoms with Gasteiger partial charge in [0.1, 0.15) is 0 Å². The summed E-state index contributed by atoms with van der Waals surface area (Å²) >= 11 is 0. The highest BCUT2D eigenvalue weighted by atomic mass is 16.5. The number of carbonyl (C=O) groups is 1. The molecule has 0 fully saturated rings. The number of hydrogen-bond donors (Lipinski definition) is 1. The van der Waals surface area contributed by atoms with Gasteiger partial charge in [0.2, 0.25) is 0 Å². The number of carboxylic acid groups (broad SMARTS) is 1. The van der Waals surface area contributed by atoms with Crippen molar-refractivity contribution in [1.82, 2.24) is 0 Å². The maximum Gasteiger partial charge on any atom is 0.333 e. The highest BCUT2D eigenvalue weighted by Crippen LogP contribution is 2.03. The van der Waals surface area contributed by atoms with E-state index in [-0.39, 0.29) is 0 Å². The zero-order valence-electron chi connectivity index (χ0n) is 17.6. The van der Waals surface area contributed by atoms with Crippen LogP contribution in [0.2, 0.25) is 0 Å². The fourth-order valence-corrected chi connectivity index (χ4v) is 2.24. The molecule has 1 N–H and O–H groups in total. The van der Waals surface area contributed by atoms with Gasteiger partial charge in [0.15, 0.2) is 6.10 Å². The lowest BCUT2D eigenvalue weighted by molar-refractivity contribution is -0.150. The SMILES string of the molecule is CCC=CCC=CCC=CCC=CCC=CCC=CCC(OCCC)C(=O)O. The Morgan fingerprint density at radius 3 is 1.46 bits per heavy atom. The first-order valence-corrected chi connectivity index (χ1v) is 10.5.